The van der Waals surface area contributed by atoms with E-state index >= 15 is 0 Å². The van der Waals surface area contributed by atoms with E-state index in [0.717, 1.165) is 0 Å². The van der Waals surface area contributed by atoms with Crippen LogP contribution in [-0.2, 0) is 19.4 Å². The number of likely N-dealkylation sites (N-methyl/N-ethyl adjacent to an activating group) is 1. The maximum Gasteiger partial charge on any atom is 0.314 e. The fraction of sp³-hybridized carbons (Fsp3) is 0.529. The van der Waals surface area contributed by atoms with Gasteiger partial charge in [-0.15, -0.1) is 0 Å². The molecular weight excluding hydrogens is 358 g/mol. The van der Waals surface area contributed by atoms with Gasteiger partial charge in [-0.3, -0.25) is 9.59 Å². The topological polar surface area (TPSA) is 96.0 Å². The van der Waals surface area contributed by atoms with Crippen molar-refractivity contribution in [2.24, 2.45) is 0 Å². The average molecular weight is 383 g/mol. The number of nitrogens with one attached hydrogen (secondary N) is 1. The highest BCUT2D eigenvalue weighted by molar-refractivity contribution is 7.91. The van der Waals surface area contributed by atoms with Gasteiger partial charge in [-0.25, -0.2) is 8.42 Å². The molecule has 0 saturated carbocycles. The molecule has 1 unspecified atom stereocenters. The van der Waals surface area contributed by atoms with Crippen LogP contribution >= 0.6 is 0 Å². The molecule has 9 heteroatoms. The van der Waals surface area contributed by atoms with Gasteiger partial charge in [0.05, 0.1) is 24.3 Å². The fourth-order valence-electron chi connectivity index (χ4n) is 2.83. The summed E-state index contributed by atoms with van der Waals surface area (Å²) in [6.45, 7) is 0.815. The molecule has 1 heterocycles. The second-order valence-corrected chi connectivity index (χ2v) is 8.74. The number of rotatable bonds is 6. The predicted molar refractivity (Wildman–Crippen MR) is 98.9 cm³/mol. The molecule has 1 fully saturated rings. The number of hydrogen-bond acceptors (Lipinski definition) is 6. The summed E-state index contributed by atoms with van der Waals surface area (Å²) < 4.78 is 28.7. The lowest BCUT2D eigenvalue weighted by atomic mass is 10.2. The lowest BCUT2D eigenvalue weighted by molar-refractivity contribution is -0.144. The van der Waals surface area contributed by atoms with Gasteiger partial charge in [0.15, 0.2) is 9.84 Å². The van der Waals surface area contributed by atoms with Crippen LogP contribution in [0.3, 0.4) is 0 Å². The van der Waals surface area contributed by atoms with Gasteiger partial charge in [0.2, 0.25) is 0 Å². The van der Waals surface area contributed by atoms with Gasteiger partial charge in [0.1, 0.15) is 5.75 Å². The van der Waals surface area contributed by atoms with Crippen LogP contribution in [0.1, 0.15) is 6.42 Å². The first-order valence-corrected chi connectivity index (χ1v) is 10.2. The first-order chi connectivity index (χ1) is 12.2. The Balaban J connectivity index is 2.15. The Labute approximate surface area is 154 Å². The van der Waals surface area contributed by atoms with Crippen LogP contribution in [0.5, 0.6) is 5.75 Å². The van der Waals surface area contributed by atoms with E-state index in [1.807, 2.05) is 19.0 Å². The molecule has 0 spiro atoms. The lowest BCUT2D eigenvalue weighted by Crippen LogP contribution is -2.48. The predicted octanol–water partition coefficient (Wildman–Crippen LogP) is 0.211. The zero-order chi connectivity index (χ0) is 19.3. The SMILES string of the molecule is COc1ccccc1NC(=O)C(=O)N(CCN(C)C)C1CCS(=O)(=O)C1. The zero-order valence-corrected chi connectivity index (χ0v) is 16.1. The average Bonchev–Trinajstić information content (AvgIpc) is 2.94. The summed E-state index contributed by atoms with van der Waals surface area (Å²) in [5, 5.41) is 2.56. The Bertz CT molecular complexity index is 763. The third kappa shape index (κ3) is 5.18. The second kappa shape index (κ2) is 8.50. The molecule has 0 aromatic heterocycles. The Kier molecular flexibility index (Phi) is 6.60. The molecule has 8 nitrogen and oxygen atoms in total. The summed E-state index contributed by atoms with van der Waals surface area (Å²) in [5.41, 5.74) is 0.389. The molecule has 1 aromatic carbocycles. The van der Waals surface area contributed by atoms with E-state index in [2.05, 4.69) is 5.32 Å². The highest BCUT2D eigenvalue weighted by Gasteiger charge is 2.36. The number of benzene rings is 1. The van der Waals surface area contributed by atoms with Crippen LogP contribution in [0.25, 0.3) is 0 Å². The fourth-order valence-corrected chi connectivity index (χ4v) is 4.56. The van der Waals surface area contributed by atoms with Crippen molar-refractivity contribution in [3.05, 3.63) is 24.3 Å². The van der Waals surface area contributed by atoms with Gasteiger partial charge in [-0.2, -0.15) is 0 Å². The first-order valence-electron chi connectivity index (χ1n) is 8.33. The Morgan fingerprint density at radius 2 is 1.92 bits per heavy atom. The molecule has 0 aliphatic carbocycles. The van der Waals surface area contributed by atoms with Crippen molar-refractivity contribution < 1.29 is 22.7 Å². The van der Waals surface area contributed by atoms with Crippen LogP contribution in [0.2, 0.25) is 0 Å². The molecule has 2 rings (SSSR count). The molecule has 144 valence electrons. The van der Waals surface area contributed by atoms with Crippen LogP contribution in [0.15, 0.2) is 24.3 Å². The van der Waals surface area contributed by atoms with Crippen LogP contribution < -0.4 is 10.1 Å². The number of para-hydroxylation sites is 2. The summed E-state index contributed by atoms with van der Waals surface area (Å²) in [6.07, 6.45) is 0.351. The highest BCUT2D eigenvalue weighted by Crippen LogP contribution is 2.23. The molecule has 1 saturated heterocycles. The molecule has 0 bridgehead atoms. The molecule has 2 amide bonds. The minimum Gasteiger partial charge on any atom is -0.495 e. The number of carbonyl (C=O) groups is 2. The minimum atomic E-state index is -3.17. The third-order valence-corrected chi connectivity index (χ3v) is 6.00. The summed E-state index contributed by atoms with van der Waals surface area (Å²) in [5.74, 6) is -1.17. The van der Waals surface area contributed by atoms with Crippen molar-refractivity contribution in [1.29, 1.82) is 0 Å². The van der Waals surface area contributed by atoms with E-state index in [4.69, 9.17) is 4.74 Å². The highest BCUT2D eigenvalue weighted by atomic mass is 32.2. The summed E-state index contributed by atoms with van der Waals surface area (Å²) in [6, 6.07) is 6.30. The number of anilines is 1. The smallest absolute Gasteiger partial charge is 0.314 e. The normalized spacial score (nSPS) is 18.5. The van der Waals surface area contributed by atoms with E-state index in [1.54, 1.807) is 24.3 Å². The van der Waals surface area contributed by atoms with Crippen molar-refractivity contribution in [2.75, 3.05) is 51.1 Å². The number of methoxy groups -OCH3 is 1. The lowest BCUT2D eigenvalue weighted by Gasteiger charge is -2.29. The molecular formula is C17H25N3O5S. The van der Waals surface area contributed by atoms with E-state index in [1.165, 1.54) is 12.0 Å². The number of amides is 2. The number of sulfone groups is 1. The minimum absolute atomic E-state index is 0.0392. The van der Waals surface area contributed by atoms with Crippen LogP contribution in [0.4, 0.5) is 5.69 Å². The third-order valence-electron chi connectivity index (χ3n) is 4.25. The molecule has 1 N–H and O–H groups in total. The van der Waals surface area contributed by atoms with E-state index in [9.17, 15) is 18.0 Å². The Hall–Kier alpha value is -2.13. The largest absolute Gasteiger partial charge is 0.495 e. The van der Waals surface area contributed by atoms with Gasteiger partial charge in [-0.05, 0) is 32.6 Å². The number of nitrogens with zero attached hydrogens (tertiary/aromatic N) is 2. The molecule has 1 atom stereocenters. The van der Waals surface area contributed by atoms with Gasteiger partial charge in [-0.1, -0.05) is 12.1 Å². The van der Waals surface area contributed by atoms with Crippen LogP contribution in [-0.4, -0.2) is 81.9 Å². The molecule has 1 aromatic rings. The van der Waals surface area contributed by atoms with Crippen LogP contribution in [0, 0.1) is 0 Å². The number of carbonyl (C=O) groups excluding carboxylic acids is 2. The molecule has 1 aliphatic heterocycles. The van der Waals surface area contributed by atoms with E-state index in [-0.39, 0.29) is 18.1 Å². The second-order valence-electron chi connectivity index (χ2n) is 6.51. The Morgan fingerprint density at radius 3 is 2.50 bits per heavy atom. The summed E-state index contributed by atoms with van der Waals surface area (Å²) in [7, 11) is 2.01. The standard InChI is InChI=1S/C17H25N3O5S/c1-19(2)9-10-20(13-8-11-26(23,24)12-13)17(22)16(21)18-14-6-4-5-7-15(14)25-3/h4-7,13H,8-12H2,1-3H3,(H,18,21). The summed E-state index contributed by atoms with van der Waals surface area (Å²) >= 11 is 0. The molecule has 26 heavy (non-hydrogen) atoms. The van der Waals surface area contributed by atoms with Crippen molar-refractivity contribution in [3.8, 4) is 5.75 Å². The van der Waals surface area contributed by atoms with E-state index in [0.29, 0.717) is 24.4 Å². The number of hydrogen-bond donors (Lipinski definition) is 1. The van der Waals surface area contributed by atoms with Gasteiger partial charge in [0, 0.05) is 19.1 Å². The molecule has 0 radical (unpaired) electrons. The maximum absolute atomic E-state index is 12.7. The summed E-state index contributed by atoms with van der Waals surface area (Å²) in [4.78, 5) is 28.4. The number of ether oxygens (including phenoxy) is 1. The molecule has 1 aliphatic rings. The van der Waals surface area contributed by atoms with E-state index < -0.39 is 27.7 Å². The van der Waals surface area contributed by atoms with Crippen molar-refractivity contribution in [1.82, 2.24) is 9.80 Å². The Morgan fingerprint density at radius 1 is 1.23 bits per heavy atom. The quantitative estimate of drug-likeness (QED) is 0.706. The van der Waals surface area contributed by atoms with Crippen molar-refractivity contribution >= 4 is 27.3 Å². The van der Waals surface area contributed by atoms with Crippen molar-refractivity contribution in [2.45, 2.75) is 12.5 Å². The van der Waals surface area contributed by atoms with Crippen molar-refractivity contribution in [3.63, 3.8) is 0 Å². The van der Waals surface area contributed by atoms with Gasteiger partial charge < -0.3 is 19.9 Å². The van der Waals surface area contributed by atoms with Gasteiger partial charge >= 0.3 is 11.8 Å². The van der Waals surface area contributed by atoms with Gasteiger partial charge in [0.25, 0.3) is 0 Å². The monoisotopic (exact) mass is 383 g/mol. The zero-order valence-electron chi connectivity index (χ0n) is 15.3. The first kappa shape index (κ1) is 20.2. The maximum atomic E-state index is 12.7.